The van der Waals surface area contributed by atoms with E-state index in [2.05, 4.69) is 82.5 Å². The van der Waals surface area contributed by atoms with Gasteiger partial charge in [-0.25, -0.2) is 4.98 Å². The number of nitrogens with one attached hydrogen (secondary N) is 4. The Labute approximate surface area is 224 Å². The highest BCUT2D eigenvalue weighted by atomic mass is 14.8. The third-order valence-corrected chi connectivity index (χ3v) is 8.60. The van der Waals surface area contributed by atoms with E-state index in [0.29, 0.717) is 11.0 Å². The van der Waals surface area contributed by atoms with E-state index in [9.17, 15) is 5.41 Å². The molecule has 6 heteroatoms. The molecule has 4 aromatic rings. The van der Waals surface area contributed by atoms with E-state index in [4.69, 9.17) is 10.7 Å². The zero-order chi connectivity index (χ0) is 27.5. The van der Waals surface area contributed by atoms with Crippen molar-refractivity contribution in [3.8, 4) is 0 Å². The van der Waals surface area contributed by atoms with Gasteiger partial charge in [0.2, 0.25) is 0 Å². The summed E-state index contributed by atoms with van der Waals surface area (Å²) in [7, 11) is 0. The molecule has 1 aliphatic heterocycles. The summed E-state index contributed by atoms with van der Waals surface area (Å²) in [6.07, 6.45) is 3.51. The van der Waals surface area contributed by atoms with Crippen LogP contribution in [0.5, 0.6) is 0 Å². The summed E-state index contributed by atoms with van der Waals surface area (Å²) in [6, 6.07) is 4.35. The average Bonchev–Trinajstić information content (AvgIpc) is 3.59. The summed E-state index contributed by atoms with van der Waals surface area (Å²) in [5, 5.41) is 9.78. The second kappa shape index (κ2) is 9.50. The van der Waals surface area contributed by atoms with Crippen molar-refractivity contribution in [2.24, 2.45) is 0 Å². The van der Waals surface area contributed by atoms with Crippen LogP contribution in [0.3, 0.4) is 0 Å². The van der Waals surface area contributed by atoms with Crippen LogP contribution in [0, 0.1) is 26.2 Å². The molecule has 0 saturated carbocycles. The normalized spacial score (nSPS) is 12.7. The summed E-state index contributed by atoms with van der Waals surface area (Å²) in [5.41, 5.74) is 24.6. The molecule has 1 aliphatic rings. The van der Waals surface area contributed by atoms with Gasteiger partial charge >= 0.3 is 0 Å². The van der Waals surface area contributed by atoms with Gasteiger partial charge in [-0.3, -0.25) is 5.41 Å². The average molecular weight is 509 g/mol. The highest BCUT2D eigenvalue weighted by Gasteiger charge is 2.20. The number of nitrogen functional groups attached to an aromatic ring is 1. The summed E-state index contributed by atoms with van der Waals surface area (Å²) in [5.74, 6) is 0. The predicted octanol–water partition coefficient (Wildman–Crippen LogP) is 7.54. The zero-order valence-corrected chi connectivity index (χ0v) is 24.0. The Morgan fingerprint density at radius 1 is 0.684 bits per heavy atom. The molecule has 0 amide bonds. The molecule has 0 radical (unpaired) electrons. The number of H-pyrrole nitrogens is 3. The minimum absolute atomic E-state index is 0.496. The Morgan fingerprint density at radius 3 is 1.61 bits per heavy atom. The van der Waals surface area contributed by atoms with Crippen LogP contribution in [0.25, 0.3) is 44.2 Å². The van der Waals surface area contributed by atoms with Gasteiger partial charge in [0.25, 0.3) is 0 Å². The molecular formula is C32H40N6. The van der Waals surface area contributed by atoms with Crippen LogP contribution in [-0.4, -0.2) is 19.9 Å². The van der Waals surface area contributed by atoms with Gasteiger partial charge in [0, 0.05) is 16.6 Å². The Morgan fingerprint density at radius 2 is 1.13 bits per heavy atom. The van der Waals surface area contributed by atoms with Gasteiger partial charge in [0.1, 0.15) is 5.36 Å². The van der Waals surface area contributed by atoms with Gasteiger partial charge in [0.15, 0.2) is 0 Å². The third-order valence-electron chi connectivity index (χ3n) is 8.60. The lowest BCUT2D eigenvalue weighted by molar-refractivity contribution is 1.14. The number of anilines is 1. The van der Waals surface area contributed by atoms with Crippen molar-refractivity contribution in [3.05, 3.63) is 62.3 Å². The molecule has 0 unspecified atom stereocenters. The molecule has 6 nitrogen and oxygen atoms in total. The van der Waals surface area contributed by atoms with E-state index in [0.717, 1.165) is 86.9 Å². The van der Waals surface area contributed by atoms with Crippen LogP contribution < -0.4 is 11.1 Å². The van der Waals surface area contributed by atoms with Crippen molar-refractivity contribution in [2.75, 3.05) is 5.73 Å². The van der Waals surface area contributed by atoms with Gasteiger partial charge < -0.3 is 20.7 Å². The van der Waals surface area contributed by atoms with Gasteiger partial charge in [-0.15, -0.1) is 0 Å². The zero-order valence-electron chi connectivity index (χ0n) is 24.0. The van der Waals surface area contributed by atoms with Gasteiger partial charge in [0.05, 0.1) is 33.6 Å². The smallest absolute Gasteiger partial charge is 0.102 e. The summed E-state index contributed by atoms with van der Waals surface area (Å²) < 4.78 is 0. The van der Waals surface area contributed by atoms with E-state index in [1.165, 1.54) is 27.8 Å². The molecular weight excluding hydrogens is 468 g/mol. The fourth-order valence-corrected chi connectivity index (χ4v) is 6.44. The maximum Gasteiger partial charge on any atom is 0.102 e. The van der Waals surface area contributed by atoms with Crippen LogP contribution in [0.2, 0.25) is 0 Å². The number of allylic oxidation sites excluding steroid dienone is 2. The minimum Gasteiger partial charge on any atom is -0.395 e. The molecule has 0 aliphatic carbocycles. The molecule has 6 N–H and O–H groups in total. The number of aryl methyl sites for hydroxylation is 6. The van der Waals surface area contributed by atoms with Crippen LogP contribution in [0.15, 0.2) is 12.1 Å². The summed E-state index contributed by atoms with van der Waals surface area (Å²) in [4.78, 5) is 16.0. The first-order chi connectivity index (χ1) is 18.2. The molecule has 0 spiro atoms. The van der Waals surface area contributed by atoms with E-state index >= 15 is 0 Å². The molecule has 5 heterocycles. The first-order valence-corrected chi connectivity index (χ1v) is 13.9. The minimum atomic E-state index is 0.496. The molecule has 0 saturated heterocycles. The molecule has 0 fully saturated rings. The van der Waals surface area contributed by atoms with Crippen LogP contribution in [0.4, 0.5) is 5.69 Å². The number of aromatic nitrogens is 4. The fraction of sp³-hybridized carbons (Fsp3) is 0.375. The van der Waals surface area contributed by atoms with Crippen LogP contribution in [0.1, 0.15) is 85.8 Å². The third kappa shape index (κ3) is 3.69. The van der Waals surface area contributed by atoms with Gasteiger partial charge in [-0.2, -0.15) is 0 Å². The van der Waals surface area contributed by atoms with Crippen LogP contribution >= 0.6 is 0 Å². The van der Waals surface area contributed by atoms with Gasteiger partial charge in [-0.1, -0.05) is 27.7 Å². The lowest BCUT2D eigenvalue weighted by Gasteiger charge is -2.02. The Bertz CT molecular complexity index is 1820. The van der Waals surface area contributed by atoms with E-state index in [-0.39, 0.29) is 0 Å². The van der Waals surface area contributed by atoms with Crippen molar-refractivity contribution < 1.29 is 0 Å². The van der Waals surface area contributed by atoms with Crippen LogP contribution in [-0.2, 0) is 19.3 Å². The fourth-order valence-electron chi connectivity index (χ4n) is 6.44. The number of hydrogen-bond donors (Lipinski definition) is 5. The Hall–Kier alpha value is -3.80. The quantitative estimate of drug-likeness (QED) is 0.196. The van der Waals surface area contributed by atoms with Crippen molar-refractivity contribution in [1.82, 2.24) is 19.9 Å². The first kappa shape index (κ1) is 25.8. The maximum absolute atomic E-state index is 9.28. The lowest BCUT2D eigenvalue weighted by Crippen LogP contribution is -2.02. The number of aromatic amines is 3. The van der Waals surface area contributed by atoms with Crippen molar-refractivity contribution >= 4 is 49.9 Å². The number of fused-ring (bicyclic) bond motifs is 8. The van der Waals surface area contributed by atoms with Crippen molar-refractivity contribution in [1.29, 1.82) is 5.41 Å². The van der Waals surface area contributed by atoms with E-state index < -0.39 is 0 Å². The molecule has 5 rings (SSSR count). The first-order valence-electron chi connectivity index (χ1n) is 13.9. The Balaban J connectivity index is 2.11. The molecule has 4 aromatic heterocycles. The van der Waals surface area contributed by atoms with Crippen molar-refractivity contribution in [3.63, 3.8) is 0 Å². The maximum atomic E-state index is 9.28. The van der Waals surface area contributed by atoms with Crippen molar-refractivity contribution in [2.45, 2.75) is 81.1 Å². The van der Waals surface area contributed by atoms with E-state index in [1.54, 1.807) is 0 Å². The molecule has 198 valence electrons. The topological polar surface area (TPSA) is 110 Å². The number of nitrogens with zero attached hydrogens (tertiary/aromatic N) is 1. The molecule has 0 aromatic carbocycles. The number of nitrogens with two attached hydrogens (primary N) is 1. The monoisotopic (exact) mass is 508 g/mol. The SMILES string of the molecule is CCC1=C(C)c2nc1cc1[nH]c(c(C)c1CC)c(=N)c1[nH]c(cc3[nH]c(c(C)c3CC)c2N)c(CC)c1C. The lowest BCUT2D eigenvalue weighted by atomic mass is 10.0. The number of rotatable bonds is 4. The largest absolute Gasteiger partial charge is 0.395 e. The second-order valence-corrected chi connectivity index (χ2v) is 10.5. The highest BCUT2D eigenvalue weighted by molar-refractivity contribution is 5.98. The molecule has 8 bridgehead atoms. The predicted molar refractivity (Wildman–Crippen MR) is 162 cm³/mol. The second-order valence-electron chi connectivity index (χ2n) is 10.5. The standard InChI is InChI=1S/C32H40N6/c1-9-19-15(5)29-27(33)30-17(7)21(11-3)25(37-30)14-26-22(12-4)18(8)32(38-26)28(34)31-16(6)20(10-2)24(36-31)13-23(19)35-29/h13-14,33,35-37H,9-12,34H2,1-8H3. The Kier molecular flexibility index (Phi) is 6.46. The van der Waals surface area contributed by atoms with Gasteiger partial charge in [-0.05, 0) is 110 Å². The summed E-state index contributed by atoms with van der Waals surface area (Å²) in [6.45, 7) is 17.2. The molecule has 0 atom stereocenters. The summed E-state index contributed by atoms with van der Waals surface area (Å²) >= 11 is 0. The number of hydrogen-bond acceptors (Lipinski definition) is 3. The van der Waals surface area contributed by atoms with E-state index in [1.807, 2.05) is 0 Å². The molecule has 38 heavy (non-hydrogen) atoms. The highest BCUT2D eigenvalue weighted by Crippen LogP contribution is 2.37.